The Labute approximate surface area is 233 Å². The third-order valence-electron chi connectivity index (χ3n) is 5.37. The number of carbonyl (C=O) groups is 4. The van der Waals surface area contributed by atoms with Crippen LogP contribution in [0, 0.1) is 5.41 Å². The minimum absolute atomic E-state index is 0.00615. The number of nitrogens with one attached hydrogen (secondary N) is 3. The second kappa shape index (κ2) is 11.2. The summed E-state index contributed by atoms with van der Waals surface area (Å²) in [6.07, 6.45) is -5.70. The summed E-state index contributed by atoms with van der Waals surface area (Å²) < 4.78 is 104. The lowest BCUT2D eigenvalue weighted by atomic mass is 10.0. The highest BCUT2D eigenvalue weighted by molar-refractivity contribution is 8.45. The molecule has 2 aromatic carbocycles. The number of anilines is 1. The zero-order chi connectivity index (χ0) is 32.3. The monoisotopic (exact) mass is 632 g/mol. The lowest BCUT2D eigenvalue weighted by Gasteiger charge is -2.40. The topological polar surface area (TPSA) is 129 Å². The number of ketones is 1. The van der Waals surface area contributed by atoms with Crippen LogP contribution in [0.5, 0.6) is 5.75 Å². The average Bonchev–Trinajstić information content (AvgIpc) is 3.15. The van der Waals surface area contributed by atoms with E-state index in [0.717, 1.165) is 13.0 Å². The highest BCUT2D eigenvalue weighted by atomic mass is 32.5. The van der Waals surface area contributed by atoms with Gasteiger partial charge in [-0.2, -0.15) is 13.2 Å². The van der Waals surface area contributed by atoms with Crippen LogP contribution in [0.1, 0.15) is 45.7 Å². The first kappa shape index (κ1) is 34.0. The smallest absolute Gasteiger partial charge is 0.446 e. The molecular formula is C24H24F8N4O5S. The highest BCUT2D eigenvalue weighted by Crippen LogP contribution is 3.02. The van der Waals surface area contributed by atoms with Crippen molar-refractivity contribution in [2.75, 3.05) is 25.5 Å². The molecule has 0 aromatic heterocycles. The molecule has 0 atom stereocenters. The summed E-state index contributed by atoms with van der Waals surface area (Å²) in [5.74, 6) is -2.21. The molecule has 1 aliphatic rings. The van der Waals surface area contributed by atoms with Crippen molar-refractivity contribution in [1.29, 1.82) is 5.41 Å². The number of alkyl halides is 3. The molecule has 9 nitrogen and oxygen atoms in total. The molecule has 0 saturated heterocycles. The van der Waals surface area contributed by atoms with E-state index in [9.17, 15) is 47.0 Å². The van der Waals surface area contributed by atoms with Gasteiger partial charge in [0.2, 0.25) is 12.2 Å². The number of nitrogens with zero attached hydrogens (tertiary/aromatic N) is 1. The van der Waals surface area contributed by atoms with Gasteiger partial charge in [0.25, 0.3) is 5.91 Å². The zero-order valence-corrected chi connectivity index (χ0v) is 22.8. The van der Waals surface area contributed by atoms with E-state index >= 15 is 0 Å². The molecule has 2 amide bonds. The molecule has 0 aliphatic carbocycles. The van der Waals surface area contributed by atoms with Crippen LogP contribution in [0.2, 0.25) is 0 Å². The predicted molar refractivity (Wildman–Crippen MR) is 137 cm³/mol. The van der Waals surface area contributed by atoms with Gasteiger partial charge in [-0.15, -0.1) is 0 Å². The zero-order valence-electron chi connectivity index (χ0n) is 22.0. The van der Waals surface area contributed by atoms with Crippen LogP contribution in [-0.4, -0.2) is 61.0 Å². The van der Waals surface area contributed by atoms with Gasteiger partial charge in [-0.1, -0.05) is 19.4 Å². The Morgan fingerprint density at radius 2 is 1.67 bits per heavy atom. The number of fused-ring (bicyclic) bond motifs is 1. The number of hydrogen-bond acceptors (Lipinski definition) is 6. The predicted octanol–water partition coefficient (Wildman–Crippen LogP) is 5.83. The first-order valence-electron chi connectivity index (χ1n) is 11.6. The molecule has 0 saturated carbocycles. The van der Waals surface area contributed by atoms with Crippen molar-refractivity contribution in [3.63, 3.8) is 0 Å². The van der Waals surface area contributed by atoms with Crippen LogP contribution in [-0.2, 0) is 16.1 Å². The summed E-state index contributed by atoms with van der Waals surface area (Å²) in [6.45, 7) is 2.31. The van der Waals surface area contributed by atoms with Gasteiger partial charge in [-0.05, 0) is 42.8 Å². The van der Waals surface area contributed by atoms with Crippen molar-refractivity contribution in [3.05, 3.63) is 52.6 Å². The van der Waals surface area contributed by atoms with Gasteiger partial charge >= 0.3 is 16.4 Å². The molecule has 3 rings (SSSR count). The summed E-state index contributed by atoms with van der Waals surface area (Å²) in [7, 11) is -8.76. The number of amidine groups is 1. The quantitative estimate of drug-likeness (QED) is 0.191. The second-order valence-corrected chi connectivity index (χ2v) is 11.1. The van der Waals surface area contributed by atoms with Gasteiger partial charge in [0.15, 0.2) is 5.78 Å². The molecule has 1 heterocycles. The highest BCUT2D eigenvalue weighted by Gasteiger charge is 2.65. The molecule has 0 spiro atoms. The van der Waals surface area contributed by atoms with Crippen LogP contribution < -0.4 is 15.4 Å². The Morgan fingerprint density at radius 1 is 1.07 bits per heavy atom. The van der Waals surface area contributed by atoms with Gasteiger partial charge in [-0.25, -0.2) is 0 Å². The number of Topliss-reactive ketones (excluding diaryl/α,β-unsaturated/α-hetero) is 1. The van der Waals surface area contributed by atoms with Crippen LogP contribution >= 0.6 is 10.2 Å². The number of rotatable bonds is 8. The SMILES string of the molecule is CCOc1cc2c(cc1C(=O)NC)C(=N)N(CC(=O)c1cc(NC(C)=O)cc(S(F)(F)(F)(F)F)c1)C2.O=CC(F)(F)F. The van der Waals surface area contributed by atoms with E-state index in [-0.39, 0.29) is 42.4 Å². The minimum atomic E-state index is -10.2. The van der Waals surface area contributed by atoms with Gasteiger partial charge in [0, 0.05) is 37.3 Å². The van der Waals surface area contributed by atoms with Gasteiger partial charge in [-0.3, -0.25) is 24.6 Å². The van der Waals surface area contributed by atoms with Crippen LogP contribution in [0.25, 0.3) is 0 Å². The fourth-order valence-electron chi connectivity index (χ4n) is 3.67. The Kier molecular flexibility index (Phi) is 9.08. The van der Waals surface area contributed by atoms with Crippen molar-refractivity contribution in [2.45, 2.75) is 31.5 Å². The molecule has 1 aliphatic heterocycles. The van der Waals surface area contributed by atoms with E-state index in [1.807, 2.05) is 5.32 Å². The normalized spacial score (nSPS) is 14.5. The molecule has 2 aromatic rings. The van der Waals surface area contributed by atoms with Crippen molar-refractivity contribution in [1.82, 2.24) is 10.2 Å². The number of amides is 2. The van der Waals surface area contributed by atoms with E-state index < -0.39 is 63.0 Å². The summed E-state index contributed by atoms with van der Waals surface area (Å²) >= 11 is 0. The largest absolute Gasteiger partial charge is 0.493 e. The maximum absolute atomic E-state index is 13.5. The molecular weight excluding hydrogens is 608 g/mol. The lowest BCUT2D eigenvalue weighted by molar-refractivity contribution is -0.156. The Morgan fingerprint density at radius 3 is 2.14 bits per heavy atom. The van der Waals surface area contributed by atoms with E-state index in [0.29, 0.717) is 11.1 Å². The Hall–Kier alpha value is -4.22. The van der Waals surface area contributed by atoms with Gasteiger partial charge < -0.3 is 20.3 Å². The van der Waals surface area contributed by atoms with Crippen molar-refractivity contribution in [2.24, 2.45) is 0 Å². The molecule has 42 heavy (non-hydrogen) atoms. The molecule has 18 heteroatoms. The van der Waals surface area contributed by atoms with E-state index in [2.05, 4.69) is 5.32 Å². The third kappa shape index (κ3) is 8.89. The van der Waals surface area contributed by atoms with Crippen LogP contribution in [0.3, 0.4) is 0 Å². The number of aldehydes is 1. The van der Waals surface area contributed by atoms with Crippen LogP contribution in [0.15, 0.2) is 35.2 Å². The summed E-state index contributed by atoms with van der Waals surface area (Å²) in [4.78, 5) is 44.0. The summed E-state index contributed by atoms with van der Waals surface area (Å²) in [5.41, 5.74) is -0.338. The average molecular weight is 633 g/mol. The van der Waals surface area contributed by atoms with Crippen molar-refractivity contribution >= 4 is 45.6 Å². The second-order valence-electron chi connectivity index (χ2n) is 8.70. The maximum Gasteiger partial charge on any atom is 0.446 e. The molecule has 0 fully saturated rings. The van der Waals surface area contributed by atoms with E-state index in [1.165, 1.54) is 24.1 Å². The van der Waals surface area contributed by atoms with Crippen molar-refractivity contribution < 1.29 is 56.5 Å². The molecule has 0 unspecified atom stereocenters. The Balaban J connectivity index is 0.000000928. The summed E-state index contributed by atoms with van der Waals surface area (Å²) in [6, 6.07) is 3.92. The standard InChI is InChI=1S/C22H23F5N4O4S.C2HF3O/c1-4-35-20-7-14-10-31(21(28)17(14)9-18(20)22(34)29-3)11-19(33)13-5-15(30-12(2)32)8-16(6-13)36(23,24,25,26)27;3-2(4,5)1-6/h5-9,28H,4,10-11H2,1-3H3,(H,29,34)(H,30,32);1H. The van der Waals surface area contributed by atoms with E-state index in [1.54, 1.807) is 6.92 Å². The first-order chi connectivity index (χ1) is 19.0. The van der Waals surface area contributed by atoms with Crippen molar-refractivity contribution in [3.8, 4) is 5.75 Å². The number of ether oxygens (including phenoxy) is 1. The maximum atomic E-state index is 13.5. The van der Waals surface area contributed by atoms with Gasteiger partial charge in [0.05, 0.1) is 18.7 Å². The first-order valence-corrected chi connectivity index (χ1v) is 13.5. The third-order valence-corrected chi connectivity index (χ3v) is 6.50. The fraction of sp³-hybridized carbons (Fsp3) is 0.292. The summed E-state index contributed by atoms with van der Waals surface area (Å²) in [5, 5.41) is 12.8. The number of hydrogen-bond donors (Lipinski definition) is 3. The Bertz CT molecular complexity index is 1450. The lowest BCUT2D eigenvalue weighted by Crippen LogP contribution is -2.30. The molecule has 0 bridgehead atoms. The fourth-order valence-corrected chi connectivity index (χ4v) is 4.37. The number of benzene rings is 2. The van der Waals surface area contributed by atoms with Gasteiger partial charge in [0.1, 0.15) is 16.5 Å². The number of halogens is 8. The molecule has 0 radical (unpaired) electrons. The molecule has 232 valence electrons. The minimum Gasteiger partial charge on any atom is -0.493 e. The van der Waals surface area contributed by atoms with Crippen LogP contribution in [0.4, 0.5) is 38.3 Å². The van der Waals surface area contributed by atoms with E-state index in [4.69, 9.17) is 14.9 Å². The molecule has 3 N–H and O–H groups in total. The number of carbonyl (C=O) groups excluding carboxylic acids is 4.